The third kappa shape index (κ3) is 11.7. The molecule has 0 aromatic heterocycles. The lowest BCUT2D eigenvalue weighted by atomic mass is 9.86. The summed E-state index contributed by atoms with van der Waals surface area (Å²) in [6.45, 7) is 18.1. The minimum absolute atomic E-state index is 0.0575. The number of nitrogens with two attached hydrogens (primary N) is 1. The molecule has 0 heterocycles. The van der Waals surface area contributed by atoms with Gasteiger partial charge in [0.2, 0.25) is 0 Å². The van der Waals surface area contributed by atoms with E-state index in [1.165, 1.54) is 22.3 Å². The first-order valence-corrected chi connectivity index (χ1v) is 14.2. The van der Waals surface area contributed by atoms with E-state index in [0.717, 1.165) is 24.1 Å². The SMILES string of the molecule is C=CC(N)CCP(C)O.CC.Cc1ccc(Oc2ccc(-c3ccc(C(C)(C)C)cc3)cc2)cc1. The number of aryl methyl sites for hydroxylation is 1. The molecule has 0 saturated heterocycles. The van der Waals surface area contributed by atoms with Crippen molar-refractivity contribution in [1.82, 2.24) is 0 Å². The van der Waals surface area contributed by atoms with Crippen LogP contribution in [0.5, 0.6) is 11.5 Å². The second-order valence-corrected chi connectivity index (χ2v) is 11.1. The zero-order chi connectivity index (χ0) is 26.4. The van der Waals surface area contributed by atoms with Gasteiger partial charge in [-0.25, -0.2) is 0 Å². The summed E-state index contributed by atoms with van der Waals surface area (Å²) >= 11 is 0. The molecule has 0 aliphatic heterocycles. The van der Waals surface area contributed by atoms with E-state index in [4.69, 9.17) is 15.4 Å². The highest BCUT2D eigenvalue weighted by molar-refractivity contribution is 7.50. The molecule has 3 nitrogen and oxygen atoms in total. The van der Waals surface area contributed by atoms with Gasteiger partial charge in [0.15, 0.2) is 0 Å². The molecular weight excluding hydrogens is 449 g/mol. The third-order valence-electron chi connectivity index (χ3n) is 5.28. The minimum atomic E-state index is -0.766. The van der Waals surface area contributed by atoms with Crippen LogP contribution in [0.1, 0.15) is 52.2 Å². The Labute approximate surface area is 214 Å². The van der Waals surface area contributed by atoms with Crippen LogP contribution in [0.2, 0.25) is 0 Å². The van der Waals surface area contributed by atoms with Gasteiger partial charge in [0.05, 0.1) is 0 Å². The lowest BCUT2D eigenvalue weighted by Crippen LogP contribution is -2.17. The van der Waals surface area contributed by atoms with Crippen LogP contribution in [-0.2, 0) is 5.41 Å². The lowest BCUT2D eigenvalue weighted by Gasteiger charge is -2.19. The maximum Gasteiger partial charge on any atom is 0.127 e. The monoisotopic (exact) mass is 493 g/mol. The van der Waals surface area contributed by atoms with Crippen molar-refractivity contribution < 1.29 is 9.63 Å². The van der Waals surface area contributed by atoms with Crippen LogP contribution >= 0.6 is 8.15 Å². The van der Waals surface area contributed by atoms with Crippen molar-refractivity contribution in [1.29, 1.82) is 0 Å². The summed E-state index contributed by atoms with van der Waals surface area (Å²) in [6, 6.07) is 25.2. The van der Waals surface area contributed by atoms with Crippen LogP contribution in [0.25, 0.3) is 11.1 Å². The molecule has 0 saturated carbocycles. The van der Waals surface area contributed by atoms with Crippen molar-refractivity contribution in [3.63, 3.8) is 0 Å². The third-order valence-corrected chi connectivity index (χ3v) is 6.19. The fourth-order valence-corrected chi connectivity index (χ4v) is 3.75. The average molecular weight is 494 g/mol. The molecule has 0 aliphatic carbocycles. The summed E-state index contributed by atoms with van der Waals surface area (Å²) in [4.78, 5) is 8.87. The molecule has 3 rings (SSSR count). The maximum atomic E-state index is 8.87. The van der Waals surface area contributed by atoms with E-state index in [-0.39, 0.29) is 11.5 Å². The molecule has 3 aromatic rings. The average Bonchev–Trinajstić information content (AvgIpc) is 2.85. The van der Waals surface area contributed by atoms with Crippen molar-refractivity contribution in [3.8, 4) is 22.6 Å². The Balaban J connectivity index is 0.000000473. The molecule has 0 spiro atoms. The molecule has 2 unspecified atom stereocenters. The second-order valence-electron chi connectivity index (χ2n) is 9.34. The Morgan fingerprint density at radius 1 is 0.886 bits per heavy atom. The summed E-state index contributed by atoms with van der Waals surface area (Å²) < 4.78 is 5.89. The Bertz CT molecular complexity index is 972. The minimum Gasteiger partial charge on any atom is -0.457 e. The van der Waals surface area contributed by atoms with Crippen molar-refractivity contribution >= 4 is 8.15 Å². The van der Waals surface area contributed by atoms with Crippen LogP contribution in [0, 0.1) is 6.92 Å². The summed E-state index contributed by atoms with van der Waals surface area (Å²) in [5, 5.41) is 0. The second kappa shape index (κ2) is 15.5. The lowest BCUT2D eigenvalue weighted by molar-refractivity contribution is 0.482. The number of hydrogen-bond donors (Lipinski definition) is 2. The van der Waals surface area contributed by atoms with Gasteiger partial charge < -0.3 is 15.4 Å². The normalized spacial score (nSPS) is 12.3. The van der Waals surface area contributed by atoms with Crippen LogP contribution in [-0.4, -0.2) is 23.8 Å². The molecule has 0 amide bonds. The molecule has 0 aliphatic rings. The van der Waals surface area contributed by atoms with Crippen molar-refractivity contribution in [2.45, 2.75) is 59.4 Å². The maximum absolute atomic E-state index is 8.87. The number of ether oxygens (including phenoxy) is 1. The first-order valence-electron chi connectivity index (χ1n) is 12.3. The standard InChI is InChI=1S/C23H24O.C6H14NOP.C2H6/c1-17-5-13-21(14-6-17)24-22-15-9-19(10-16-22)18-7-11-20(12-8-18)23(2,3)4;1-3-6(7)4-5-9(2)8;1-2/h5-16H,1-4H3;3,6,8H,1,4-5,7H2,2H3;1-2H3. The molecule has 190 valence electrons. The molecule has 0 radical (unpaired) electrons. The topological polar surface area (TPSA) is 55.5 Å². The number of rotatable bonds is 7. The first kappa shape index (κ1) is 30.6. The van der Waals surface area contributed by atoms with Crippen molar-refractivity contribution in [2.24, 2.45) is 5.73 Å². The summed E-state index contributed by atoms with van der Waals surface area (Å²) in [7, 11) is -0.766. The van der Waals surface area contributed by atoms with Gasteiger partial charge >= 0.3 is 0 Å². The smallest absolute Gasteiger partial charge is 0.127 e. The Morgan fingerprint density at radius 2 is 1.31 bits per heavy atom. The van der Waals surface area contributed by atoms with Crippen LogP contribution < -0.4 is 10.5 Å². The zero-order valence-electron chi connectivity index (χ0n) is 22.6. The molecule has 3 N–H and O–H groups in total. The molecule has 2 atom stereocenters. The first-order chi connectivity index (χ1) is 16.6. The van der Waals surface area contributed by atoms with Crippen LogP contribution in [0.15, 0.2) is 85.5 Å². The van der Waals surface area contributed by atoms with Crippen LogP contribution in [0.3, 0.4) is 0 Å². The van der Waals surface area contributed by atoms with Gasteiger partial charge in [0.1, 0.15) is 11.5 Å². The predicted octanol–water partition coefficient (Wildman–Crippen LogP) is 8.69. The quantitative estimate of drug-likeness (QED) is 0.256. The number of benzene rings is 3. The Kier molecular flexibility index (Phi) is 13.6. The van der Waals surface area contributed by atoms with E-state index >= 15 is 0 Å². The van der Waals surface area contributed by atoms with Crippen LogP contribution in [0.4, 0.5) is 0 Å². The molecule has 0 bridgehead atoms. The van der Waals surface area contributed by atoms with Gasteiger partial charge in [-0.2, -0.15) is 0 Å². The van der Waals surface area contributed by atoms with Gasteiger partial charge in [-0.3, -0.25) is 0 Å². The molecule has 4 heteroatoms. The predicted molar refractivity (Wildman–Crippen MR) is 156 cm³/mol. The van der Waals surface area contributed by atoms with Gasteiger partial charge in [0.25, 0.3) is 0 Å². The molecule has 35 heavy (non-hydrogen) atoms. The van der Waals surface area contributed by atoms with E-state index in [1.807, 2.05) is 44.8 Å². The van der Waals surface area contributed by atoms with Gasteiger partial charge in [0, 0.05) is 14.2 Å². The highest BCUT2D eigenvalue weighted by Gasteiger charge is 2.13. The molecule has 3 aromatic carbocycles. The Morgan fingerprint density at radius 3 is 1.71 bits per heavy atom. The van der Waals surface area contributed by atoms with Crippen molar-refractivity contribution in [3.05, 3.63) is 96.6 Å². The molecule has 0 fully saturated rings. The van der Waals surface area contributed by atoms with E-state index in [9.17, 15) is 0 Å². The van der Waals surface area contributed by atoms with E-state index in [2.05, 4.69) is 82.8 Å². The summed E-state index contributed by atoms with van der Waals surface area (Å²) in [5.74, 6) is 1.72. The van der Waals surface area contributed by atoms with E-state index in [0.29, 0.717) is 0 Å². The van der Waals surface area contributed by atoms with Gasteiger partial charge in [-0.05, 0) is 72.5 Å². The Hall–Kier alpha value is -2.45. The van der Waals surface area contributed by atoms with E-state index in [1.54, 1.807) is 6.08 Å². The fraction of sp³-hybridized carbons (Fsp3) is 0.355. The highest BCUT2D eigenvalue weighted by Crippen LogP contribution is 2.28. The fourth-order valence-electron chi connectivity index (χ4n) is 3.07. The van der Waals surface area contributed by atoms with E-state index < -0.39 is 8.15 Å². The summed E-state index contributed by atoms with van der Waals surface area (Å²) in [6.07, 6.45) is 3.38. The highest BCUT2D eigenvalue weighted by atomic mass is 31.1. The van der Waals surface area contributed by atoms with Crippen molar-refractivity contribution in [2.75, 3.05) is 12.8 Å². The molecular formula is C31H44NO2P. The largest absolute Gasteiger partial charge is 0.457 e. The summed E-state index contributed by atoms with van der Waals surface area (Å²) in [5.41, 5.74) is 10.7. The zero-order valence-corrected chi connectivity index (χ0v) is 23.5. The van der Waals surface area contributed by atoms with Gasteiger partial charge in [-0.15, -0.1) is 6.58 Å². The van der Waals surface area contributed by atoms with Gasteiger partial charge in [-0.1, -0.05) is 94.8 Å². The number of hydrogen-bond acceptors (Lipinski definition) is 3.